The van der Waals surface area contributed by atoms with Gasteiger partial charge in [-0.25, -0.2) is 0 Å². The van der Waals surface area contributed by atoms with E-state index in [2.05, 4.69) is 0 Å². The molecule has 0 saturated carbocycles. The Morgan fingerprint density at radius 2 is 1.73 bits per heavy atom. The summed E-state index contributed by atoms with van der Waals surface area (Å²) in [6.07, 6.45) is 0.487. The van der Waals surface area contributed by atoms with Gasteiger partial charge in [0.15, 0.2) is 0 Å². The molecule has 6 nitrogen and oxygen atoms in total. The zero-order chi connectivity index (χ0) is 16.3. The number of hydrogen-bond acceptors (Lipinski definition) is 6. The minimum atomic E-state index is -3.40. The van der Waals surface area contributed by atoms with E-state index in [4.69, 9.17) is 46.0 Å². The van der Waals surface area contributed by atoms with Gasteiger partial charge in [0.2, 0.25) is 0 Å². The summed E-state index contributed by atoms with van der Waals surface area (Å²) in [4.78, 5) is 10.1. The quantitative estimate of drug-likeness (QED) is 0.504. The molecule has 0 spiro atoms. The van der Waals surface area contributed by atoms with Crippen molar-refractivity contribution in [3.63, 3.8) is 0 Å². The van der Waals surface area contributed by atoms with Crippen molar-refractivity contribution in [2.45, 2.75) is 56.5 Å². The molecule has 10 heteroatoms. The van der Waals surface area contributed by atoms with E-state index in [1.54, 1.807) is 0 Å². The maximum atomic E-state index is 10.1. The van der Waals surface area contributed by atoms with Gasteiger partial charge in [-0.1, -0.05) is 6.92 Å². The Balaban J connectivity index is 1.75. The summed E-state index contributed by atoms with van der Waals surface area (Å²) in [5, 5.41) is 9.69. The lowest BCUT2D eigenvalue weighted by molar-refractivity contribution is -0.00363. The molecular formula is C12H21B2O6PS. The van der Waals surface area contributed by atoms with Crippen LogP contribution in [0.2, 0.25) is 0 Å². The topological polar surface area (TPSA) is 77.4 Å². The molecule has 2 saturated heterocycles. The van der Waals surface area contributed by atoms with E-state index in [-0.39, 0.29) is 31.2 Å². The molecule has 0 aliphatic carbocycles. The van der Waals surface area contributed by atoms with Crippen LogP contribution in [-0.4, -0.2) is 69.2 Å². The second kappa shape index (κ2) is 8.08. The molecular weight excluding hydrogens is 325 g/mol. The summed E-state index contributed by atoms with van der Waals surface area (Å²) in [5.41, 5.74) is 0. The van der Waals surface area contributed by atoms with E-state index < -0.39 is 24.9 Å². The van der Waals surface area contributed by atoms with Crippen LogP contribution in [0.1, 0.15) is 26.2 Å². The van der Waals surface area contributed by atoms with Crippen LogP contribution in [0, 0.1) is 5.92 Å². The van der Waals surface area contributed by atoms with Crippen LogP contribution in [-0.2, 0) is 30.3 Å². The molecule has 0 aromatic heterocycles. The molecule has 2 heterocycles. The van der Waals surface area contributed by atoms with Crippen molar-refractivity contribution >= 4 is 34.2 Å². The van der Waals surface area contributed by atoms with Gasteiger partial charge in [0.25, 0.3) is 0 Å². The molecule has 4 radical (unpaired) electrons. The van der Waals surface area contributed by atoms with Gasteiger partial charge in [0.05, 0.1) is 25.4 Å². The van der Waals surface area contributed by atoms with Crippen LogP contribution >= 0.6 is 6.72 Å². The highest BCUT2D eigenvalue weighted by Crippen LogP contribution is 2.45. The third-order valence-electron chi connectivity index (χ3n) is 3.92. The van der Waals surface area contributed by atoms with E-state index in [1.165, 1.54) is 0 Å². The van der Waals surface area contributed by atoms with Crippen LogP contribution < -0.4 is 0 Å². The van der Waals surface area contributed by atoms with Gasteiger partial charge in [-0.15, -0.1) is 0 Å². The molecule has 2 N–H and O–H groups in total. The third-order valence-corrected chi connectivity index (χ3v) is 5.50. The zero-order valence-corrected chi connectivity index (χ0v) is 14.2. The molecule has 0 aromatic rings. The number of hydrogen-bond donors (Lipinski definition) is 2. The number of aliphatic hydroxyl groups excluding tert-OH is 1. The van der Waals surface area contributed by atoms with Gasteiger partial charge in [-0.05, 0) is 31.1 Å². The third kappa shape index (κ3) is 5.28. The standard InChI is InChI=1S/C12H21B2O6PS/c1-2-9-7(3-11(13)19-9)5-17-21(16,22)18-6-10-8(15)4-12(14)20-10/h7-12,15H,2-6H2,1H3,(H,16,22). The lowest BCUT2D eigenvalue weighted by Gasteiger charge is -2.22. The highest BCUT2D eigenvalue weighted by molar-refractivity contribution is 8.07. The van der Waals surface area contributed by atoms with Gasteiger partial charge in [-0.2, -0.15) is 0 Å². The SMILES string of the molecule is [B]C1CC(O)C(COP(O)(=S)OCC2CC([B])OC2CC)O1. The highest BCUT2D eigenvalue weighted by atomic mass is 32.5. The van der Waals surface area contributed by atoms with Gasteiger partial charge in [0, 0.05) is 17.9 Å². The molecule has 7 atom stereocenters. The van der Waals surface area contributed by atoms with Crippen molar-refractivity contribution in [3.05, 3.63) is 0 Å². The van der Waals surface area contributed by atoms with Crippen molar-refractivity contribution in [1.29, 1.82) is 0 Å². The first-order valence-electron chi connectivity index (χ1n) is 7.42. The maximum absolute atomic E-state index is 10.1. The lowest BCUT2D eigenvalue weighted by Crippen LogP contribution is -2.26. The van der Waals surface area contributed by atoms with Crippen molar-refractivity contribution < 1.29 is 28.5 Å². The Morgan fingerprint density at radius 1 is 1.14 bits per heavy atom. The monoisotopic (exact) mass is 346 g/mol. The molecule has 22 heavy (non-hydrogen) atoms. The maximum Gasteiger partial charge on any atom is 0.324 e. The van der Waals surface area contributed by atoms with E-state index in [0.717, 1.165) is 6.42 Å². The fraction of sp³-hybridized carbons (Fsp3) is 1.00. The van der Waals surface area contributed by atoms with Gasteiger partial charge in [-0.3, -0.25) is 0 Å². The average Bonchev–Trinajstić information content (AvgIpc) is 2.96. The van der Waals surface area contributed by atoms with Gasteiger partial charge < -0.3 is 28.5 Å². The number of aliphatic hydroxyl groups is 1. The van der Waals surface area contributed by atoms with Crippen molar-refractivity contribution in [2.75, 3.05) is 13.2 Å². The van der Waals surface area contributed by atoms with Crippen LogP contribution in [0.15, 0.2) is 0 Å². The van der Waals surface area contributed by atoms with Gasteiger partial charge >= 0.3 is 6.72 Å². The summed E-state index contributed by atoms with van der Waals surface area (Å²) in [5.74, 6) is 0.0832. The second-order valence-corrected chi connectivity index (χ2v) is 8.53. The number of rotatable bonds is 7. The minimum absolute atomic E-state index is 0.00276. The van der Waals surface area contributed by atoms with Crippen molar-refractivity contribution in [2.24, 2.45) is 5.92 Å². The second-order valence-electron chi connectivity index (χ2n) is 5.69. The summed E-state index contributed by atoms with van der Waals surface area (Å²) >= 11 is 4.97. The van der Waals surface area contributed by atoms with Crippen molar-refractivity contribution in [1.82, 2.24) is 0 Å². The predicted molar refractivity (Wildman–Crippen MR) is 86.3 cm³/mol. The summed E-state index contributed by atoms with van der Waals surface area (Å²) < 4.78 is 21.4. The Kier molecular flexibility index (Phi) is 6.93. The molecule has 2 aliphatic heterocycles. The fourth-order valence-corrected chi connectivity index (χ4v) is 3.91. The molecule has 0 bridgehead atoms. The largest absolute Gasteiger partial charge is 0.390 e. The molecule has 0 amide bonds. The van der Waals surface area contributed by atoms with Crippen LogP contribution in [0.5, 0.6) is 0 Å². The smallest absolute Gasteiger partial charge is 0.324 e. The highest BCUT2D eigenvalue weighted by Gasteiger charge is 2.35. The Hall–Kier alpha value is 0.540. The fourth-order valence-electron chi connectivity index (χ4n) is 2.75. The van der Waals surface area contributed by atoms with Crippen molar-refractivity contribution in [3.8, 4) is 0 Å². The molecule has 7 unspecified atom stereocenters. The number of ether oxygens (including phenoxy) is 2. The summed E-state index contributed by atoms with van der Waals surface area (Å²) in [6.45, 7) is -1.22. The molecule has 2 fully saturated rings. The Bertz CT molecular complexity index is 417. The zero-order valence-electron chi connectivity index (χ0n) is 12.5. The first-order chi connectivity index (χ1) is 10.3. The first-order valence-corrected chi connectivity index (χ1v) is 10.0. The van der Waals surface area contributed by atoms with Crippen LogP contribution in [0.4, 0.5) is 0 Å². The minimum Gasteiger partial charge on any atom is -0.390 e. The molecule has 122 valence electrons. The van der Waals surface area contributed by atoms with Crippen LogP contribution in [0.25, 0.3) is 0 Å². The van der Waals surface area contributed by atoms with E-state index in [0.29, 0.717) is 12.8 Å². The van der Waals surface area contributed by atoms with E-state index in [9.17, 15) is 10.00 Å². The van der Waals surface area contributed by atoms with E-state index in [1.807, 2.05) is 6.92 Å². The average molecular weight is 346 g/mol. The Labute approximate surface area is 138 Å². The van der Waals surface area contributed by atoms with Crippen LogP contribution in [0.3, 0.4) is 0 Å². The van der Waals surface area contributed by atoms with E-state index >= 15 is 0 Å². The summed E-state index contributed by atoms with van der Waals surface area (Å²) in [7, 11) is 11.3. The Morgan fingerprint density at radius 3 is 2.32 bits per heavy atom. The molecule has 2 rings (SSSR count). The molecule has 0 aromatic carbocycles. The molecule has 2 aliphatic rings. The predicted octanol–water partition coefficient (Wildman–Crippen LogP) is 0.190. The normalized spacial score (nSPS) is 41.6. The lowest BCUT2D eigenvalue weighted by atomic mass is 9.91. The van der Waals surface area contributed by atoms with Gasteiger partial charge in [0.1, 0.15) is 21.8 Å². The summed E-state index contributed by atoms with van der Waals surface area (Å²) in [6, 6.07) is -0.831. The first kappa shape index (κ1) is 18.9.